The van der Waals surface area contributed by atoms with Gasteiger partial charge < -0.3 is 5.32 Å². The predicted molar refractivity (Wildman–Crippen MR) is 65.5 cm³/mol. The van der Waals surface area contributed by atoms with Crippen molar-refractivity contribution in [3.05, 3.63) is 16.1 Å². The van der Waals surface area contributed by atoms with Gasteiger partial charge in [0.1, 0.15) is 0 Å². The van der Waals surface area contributed by atoms with Crippen molar-refractivity contribution in [1.29, 1.82) is 0 Å². The zero-order valence-corrected chi connectivity index (χ0v) is 11.1. The molecule has 1 N–H and O–H groups in total. The van der Waals surface area contributed by atoms with Crippen LogP contribution in [0.3, 0.4) is 0 Å². The average molecular weight is 278 g/mol. The van der Waals surface area contributed by atoms with E-state index >= 15 is 0 Å². The number of nitrogens with zero attached hydrogens (tertiary/aromatic N) is 1. The van der Waals surface area contributed by atoms with Gasteiger partial charge in [-0.05, 0) is 25.3 Å². The molecule has 1 aliphatic carbocycles. The molecule has 1 unspecified atom stereocenters. The maximum Gasteiger partial charge on any atom is 0.443 e. The van der Waals surface area contributed by atoms with E-state index < -0.39 is 11.2 Å². The summed E-state index contributed by atoms with van der Waals surface area (Å²) in [6.45, 7) is 2.88. The highest BCUT2D eigenvalue weighted by Crippen LogP contribution is 2.40. The molecule has 0 bridgehead atoms. The summed E-state index contributed by atoms with van der Waals surface area (Å²) in [5.74, 6) is 0.677. The van der Waals surface area contributed by atoms with Crippen LogP contribution in [-0.2, 0) is 6.18 Å². The van der Waals surface area contributed by atoms with E-state index in [0.29, 0.717) is 10.8 Å². The molecular formula is C12H17F3N2S. The lowest BCUT2D eigenvalue weighted by molar-refractivity contribution is -0.137. The third kappa shape index (κ3) is 3.68. The summed E-state index contributed by atoms with van der Waals surface area (Å²) in [5, 5.41) is 2.59. The van der Waals surface area contributed by atoms with Gasteiger partial charge in [-0.15, -0.1) is 11.3 Å². The summed E-state index contributed by atoms with van der Waals surface area (Å²) < 4.78 is 37.6. The molecule has 0 saturated heterocycles. The highest BCUT2D eigenvalue weighted by atomic mass is 32.1. The molecule has 1 saturated carbocycles. The second-order valence-corrected chi connectivity index (χ2v) is 5.81. The predicted octanol–water partition coefficient (Wildman–Crippen LogP) is 4.00. The molecule has 6 heteroatoms. The molecule has 1 aromatic heterocycles. The van der Waals surface area contributed by atoms with Gasteiger partial charge in [-0.2, -0.15) is 13.2 Å². The van der Waals surface area contributed by atoms with E-state index in [0.717, 1.165) is 30.7 Å². The van der Waals surface area contributed by atoms with Crippen LogP contribution >= 0.6 is 11.3 Å². The van der Waals surface area contributed by atoms with Gasteiger partial charge in [-0.1, -0.05) is 19.8 Å². The van der Waals surface area contributed by atoms with Gasteiger partial charge in [0.05, 0.1) is 0 Å². The Labute approximate surface area is 109 Å². The van der Waals surface area contributed by atoms with Gasteiger partial charge in [0.25, 0.3) is 0 Å². The van der Waals surface area contributed by atoms with Crippen molar-refractivity contribution in [1.82, 2.24) is 10.3 Å². The highest BCUT2D eigenvalue weighted by molar-refractivity contribution is 7.11. The monoisotopic (exact) mass is 278 g/mol. The number of nitrogens with one attached hydrogen (secondary N) is 1. The fourth-order valence-electron chi connectivity index (χ4n) is 1.88. The Morgan fingerprint density at radius 1 is 1.50 bits per heavy atom. The molecule has 0 radical (unpaired) electrons. The Kier molecular flexibility index (Phi) is 4.27. The molecule has 0 aromatic carbocycles. The third-order valence-electron chi connectivity index (χ3n) is 3.02. The van der Waals surface area contributed by atoms with Crippen LogP contribution in [0.1, 0.15) is 48.5 Å². The first-order chi connectivity index (χ1) is 8.50. The van der Waals surface area contributed by atoms with E-state index in [2.05, 4.69) is 17.2 Å². The lowest BCUT2D eigenvalue weighted by Gasteiger charge is -2.16. The summed E-state index contributed by atoms with van der Waals surface area (Å²) in [6, 6.07) is 0.0334. The highest BCUT2D eigenvalue weighted by Gasteiger charge is 2.36. The van der Waals surface area contributed by atoms with Crippen molar-refractivity contribution in [2.45, 2.75) is 44.8 Å². The minimum atomic E-state index is -4.32. The van der Waals surface area contributed by atoms with Gasteiger partial charge in [-0.3, -0.25) is 0 Å². The van der Waals surface area contributed by atoms with Crippen LogP contribution in [0.15, 0.2) is 6.20 Å². The van der Waals surface area contributed by atoms with Crippen molar-refractivity contribution in [2.24, 2.45) is 5.92 Å². The van der Waals surface area contributed by atoms with Gasteiger partial charge >= 0.3 is 6.18 Å². The molecule has 2 rings (SSSR count). The smallest absolute Gasteiger partial charge is 0.309 e. The molecule has 2 nitrogen and oxygen atoms in total. The molecule has 1 atom stereocenters. The normalized spacial score (nSPS) is 18.0. The molecule has 1 aromatic rings. The second kappa shape index (κ2) is 5.57. The average Bonchev–Trinajstić information content (AvgIpc) is 2.95. The number of thiazole rings is 1. The van der Waals surface area contributed by atoms with E-state index in [9.17, 15) is 13.2 Å². The minimum Gasteiger partial charge on any atom is -0.309 e. The quantitative estimate of drug-likeness (QED) is 0.850. The van der Waals surface area contributed by atoms with E-state index in [1.807, 2.05) is 0 Å². The number of hydrogen-bond donors (Lipinski definition) is 1. The summed E-state index contributed by atoms with van der Waals surface area (Å²) in [6.07, 6.45) is 1.37. The third-order valence-corrected chi connectivity index (χ3v) is 4.17. The Morgan fingerprint density at radius 2 is 2.22 bits per heavy atom. The first-order valence-corrected chi connectivity index (χ1v) is 7.08. The van der Waals surface area contributed by atoms with Crippen LogP contribution in [0.4, 0.5) is 13.2 Å². The van der Waals surface area contributed by atoms with Crippen LogP contribution in [0.25, 0.3) is 0 Å². The fourth-order valence-corrected chi connectivity index (χ4v) is 2.76. The SMILES string of the molecule is CCCNC(CC1CC1)c1cnc(C(F)(F)F)s1. The zero-order chi connectivity index (χ0) is 13.2. The number of aromatic nitrogens is 1. The molecule has 1 aliphatic rings. The van der Waals surface area contributed by atoms with E-state index in [1.165, 1.54) is 19.0 Å². The van der Waals surface area contributed by atoms with Gasteiger partial charge in [0.2, 0.25) is 0 Å². The molecule has 1 fully saturated rings. The number of rotatable bonds is 6. The number of halogens is 3. The lowest BCUT2D eigenvalue weighted by Crippen LogP contribution is -2.21. The van der Waals surface area contributed by atoms with Crippen molar-refractivity contribution < 1.29 is 13.2 Å². The fraction of sp³-hybridized carbons (Fsp3) is 0.750. The molecule has 0 amide bonds. The van der Waals surface area contributed by atoms with Crippen molar-refractivity contribution in [3.63, 3.8) is 0 Å². The molecule has 102 valence electrons. The van der Waals surface area contributed by atoms with Crippen LogP contribution in [0, 0.1) is 5.92 Å². The van der Waals surface area contributed by atoms with Crippen molar-refractivity contribution in [3.8, 4) is 0 Å². The Morgan fingerprint density at radius 3 is 2.72 bits per heavy atom. The van der Waals surface area contributed by atoms with Gasteiger partial charge in [-0.25, -0.2) is 4.98 Å². The number of hydrogen-bond acceptors (Lipinski definition) is 3. The van der Waals surface area contributed by atoms with Crippen molar-refractivity contribution in [2.75, 3.05) is 6.54 Å². The van der Waals surface area contributed by atoms with Gasteiger partial charge in [0.15, 0.2) is 5.01 Å². The minimum absolute atomic E-state index is 0.0334. The van der Waals surface area contributed by atoms with E-state index in [1.54, 1.807) is 0 Å². The summed E-state index contributed by atoms with van der Waals surface area (Å²) >= 11 is 0.770. The van der Waals surface area contributed by atoms with E-state index in [4.69, 9.17) is 0 Å². The molecular weight excluding hydrogens is 261 g/mol. The Balaban J connectivity index is 2.05. The number of alkyl halides is 3. The van der Waals surface area contributed by atoms with Crippen molar-refractivity contribution >= 4 is 11.3 Å². The van der Waals surface area contributed by atoms with Crippen LogP contribution < -0.4 is 5.32 Å². The zero-order valence-electron chi connectivity index (χ0n) is 10.3. The first-order valence-electron chi connectivity index (χ1n) is 6.27. The Hall–Kier alpha value is -0.620. The Bertz CT molecular complexity index is 385. The standard InChI is InChI=1S/C12H17F3N2S/c1-2-5-16-9(6-8-3-4-8)10-7-17-11(18-10)12(13,14)15/h7-9,16H,2-6H2,1H3. The molecule has 0 spiro atoms. The van der Waals surface area contributed by atoms with Crippen LogP contribution in [-0.4, -0.2) is 11.5 Å². The first kappa shape index (κ1) is 13.8. The lowest BCUT2D eigenvalue weighted by atomic mass is 10.1. The molecule has 18 heavy (non-hydrogen) atoms. The van der Waals surface area contributed by atoms with Crippen LogP contribution in [0.5, 0.6) is 0 Å². The summed E-state index contributed by atoms with van der Waals surface area (Å²) in [7, 11) is 0. The van der Waals surface area contributed by atoms with E-state index in [-0.39, 0.29) is 6.04 Å². The topological polar surface area (TPSA) is 24.9 Å². The molecule has 0 aliphatic heterocycles. The second-order valence-electron chi connectivity index (χ2n) is 4.75. The van der Waals surface area contributed by atoms with Gasteiger partial charge in [0, 0.05) is 17.1 Å². The maximum absolute atomic E-state index is 12.5. The summed E-state index contributed by atoms with van der Waals surface area (Å²) in [5.41, 5.74) is 0. The van der Waals surface area contributed by atoms with Crippen LogP contribution in [0.2, 0.25) is 0 Å². The summed E-state index contributed by atoms with van der Waals surface area (Å²) in [4.78, 5) is 4.21. The maximum atomic E-state index is 12.5. The molecule has 1 heterocycles. The largest absolute Gasteiger partial charge is 0.443 e.